The molecule has 1 aliphatic carbocycles. The zero-order valence-electron chi connectivity index (χ0n) is 14.0. The van der Waals surface area contributed by atoms with Gasteiger partial charge in [-0.2, -0.15) is 16.8 Å². The van der Waals surface area contributed by atoms with Crippen molar-refractivity contribution in [3.63, 3.8) is 0 Å². The number of nitrogens with zero attached hydrogens (tertiary/aromatic N) is 6. The number of rotatable bonds is 6. The Morgan fingerprint density at radius 3 is 2.04 bits per heavy atom. The number of azide groups is 1. The van der Waals surface area contributed by atoms with E-state index in [0.29, 0.717) is 5.56 Å². The van der Waals surface area contributed by atoms with Crippen molar-refractivity contribution >= 4 is 26.3 Å². The summed E-state index contributed by atoms with van der Waals surface area (Å²) in [5.41, 5.74) is 15.7. The first kappa shape index (κ1) is 21.4. The third-order valence-corrected chi connectivity index (χ3v) is 8.03. The van der Waals surface area contributed by atoms with Crippen LogP contribution < -0.4 is 0 Å². The Bertz CT molecular complexity index is 1070. The molecule has 1 unspecified atom stereocenters. The van der Waals surface area contributed by atoms with Crippen LogP contribution in [0.4, 0.5) is 0 Å². The van der Waals surface area contributed by atoms with Crippen molar-refractivity contribution in [3.05, 3.63) is 75.0 Å². The molecule has 0 spiro atoms. The van der Waals surface area contributed by atoms with E-state index < -0.39 is 42.3 Å². The van der Waals surface area contributed by atoms with E-state index in [1.165, 1.54) is 6.08 Å². The molecule has 2 N–H and O–H groups in total. The Labute approximate surface area is 159 Å². The maximum Gasteiger partial charge on any atom is 0.288 e. The SMILES string of the molecule is [N-]=[N+]=NC1(N=[N+]=[N-])C=CC(C=Cc2ccccc2)C(S(=O)(=O)O)(S(=O)(=O)O)C1. The molecule has 0 saturated carbocycles. The Hall–Kier alpha value is -2.86. The molecular formula is C14H14N6O6S2. The highest BCUT2D eigenvalue weighted by molar-refractivity contribution is 8.05. The van der Waals surface area contributed by atoms with Gasteiger partial charge in [0.25, 0.3) is 20.2 Å². The van der Waals surface area contributed by atoms with Crippen LogP contribution in [0.1, 0.15) is 12.0 Å². The summed E-state index contributed by atoms with van der Waals surface area (Å²) >= 11 is 0. The average molecular weight is 426 g/mol. The lowest BCUT2D eigenvalue weighted by atomic mass is 9.87. The van der Waals surface area contributed by atoms with Crippen LogP contribution in [0.3, 0.4) is 0 Å². The van der Waals surface area contributed by atoms with Crippen molar-refractivity contribution < 1.29 is 25.9 Å². The normalized spacial score (nSPS) is 24.3. The fraction of sp³-hybridized carbons (Fsp3) is 0.286. The lowest BCUT2D eigenvalue weighted by Crippen LogP contribution is -2.56. The molecule has 148 valence electrons. The summed E-state index contributed by atoms with van der Waals surface area (Å²) in [7, 11) is -11.0. The maximum absolute atomic E-state index is 12.2. The molecule has 0 bridgehead atoms. The number of hydrogen-bond donors (Lipinski definition) is 2. The molecule has 28 heavy (non-hydrogen) atoms. The molecular weight excluding hydrogens is 412 g/mol. The molecule has 12 nitrogen and oxygen atoms in total. The van der Waals surface area contributed by atoms with Crippen molar-refractivity contribution in [3.8, 4) is 0 Å². The van der Waals surface area contributed by atoms with Crippen molar-refractivity contribution in [1.82, 2.24) is 0 Å². The predicted octanol–water partition coefficient (Wildman–Crippen LogP) is 3.06. The van der Waals surface area contributed by atoms with Gasteiger partial charge in [-0.3, -0.25) is 9.11 Å². The van der Waals surface area contributed by atoms with Gasteiger partial charge < -0.3 is 0 Å². The largest absolute Gasteiger partial charge is 0.288 e. The number of benzene rings is 1. The molecule has 1 aliphatic rings. The zero-order chi connectivity index (χ0) is 21.1. The van der Waals surface area contributed by atoms with E-state index in [4.69, 9.17) is 11.1 Å². The molecule has 0 heterocycles. The minimum Gasteiger partial charge on any atom is -0.284 e. The van der Waals surface area contributed by atoms with Crippen molar-refractivity contribution in [1.29, 1.82) is 0 Å². The molecule has 0 radical (unpaired) electrons. The lowest BCUT2D eigenvalue weighted by molar-refractivity contribution is 0.342. The first-order valence-electron chi connectivity index (χ1n) is 7.50. The highest BCUT2D eigenvalue weighted by atomic mass is 32.3. The Morgan fingerprint density at radius 1 is 1.04 bits per heavy atom. The van der Waals surface area contributed by atoms with E-state index in [1.54, 1.807) is 30.3 Å². The molecule has 2 rings (SSSR count). The maximum atomic E-state index is 12.2. The van der Waals surface area contributed by atoms with E-state index in [0.717, 1.165) is 18.2 Å². The highest BCUT2D eigenvalue weighted by Crippen LogP contribution is 2.46. The van der Waals surface area contributed by atoms with Gasteiger partial charge in [-0.25, -0.2) is 0 Å². The topological polar surface area (TPSA) is 206 Å². The molecule has 1 atom stereocenters. The summed E-state index contributed by atoms with van der Waals surface area (Å²) in [6.45, 7) is 0. The molecule has 0 fully saturated rings. The van der Waals surface area contributed by atoms with Gasteiger partial charge in [0.2, 0.25) is 4.08 Å². The minimum absolute atomic E-state index is 0.581. The van der Waals surface area contributed by atoms with Crippen LogP contribution in [-0.4, -0.2) is 35.7 Å². The Balaban J connectivity index is 2.79. The summed E-state index contributed by atoms with van der Waals surface area (Å²) in [6, 6.07) is 8.39. The van der Waals surface area contributed by atoms with Gasteiger partial charge in [0.1, 0.15) is 5.66 Å². The van der Waals surface area contributed by atoms with Crippen LogP contribution in [0.15, 0.2) is 58.8 Å². The van der Waals surface area contributed by atoms with Gasteiger partial charge in [-0.1, -0.05) is 64.9 Å². The molecule has 1 aromatic rings. The fourth-order valence-corrected chi connectivity index (χ4v) is 5.76. The summed E-state index contributed by atoms with van der Waals surface area (Å²) in [4.78, 5) is 4.87. The van der Waals surface area contributed by atoms with Crippen LogP contribution in [0, 0.1) is 5.92 Å². The van der Waals surface area contributed by atoms with Crippen molar-refractivity contribution in [2.24, 2.45) is 16.1 Å². The van der Waals surface area contributed by atoms with E-state index in [2.05, 4.69) is 20.1 Å². The van der Waals surface area contributed by atoms with Crippen LogP contribution in [0.25, 0.3) is 27.0 Å². The standard InChI is InChI=1S/C14H14N6O6S2/c15-19-17-13(18-20-16)9-8-12(7-6-11-4-2-1-3-5-11)14(10-13,27(21,22)23)28(24,25)26/h1-9,12H,10H2,(H,21,22,23)(H,24,25,26). The van der Waals surface area contributed by atoms with E-state index >= 15 is 0 Å². The molecule has 0 amide bonds. The predicted molar refractivity (Wildman–Crippen MR) is 99.6 cm³/mol. The first-order valence-corrected chi connectivity index (χ1v) is 10.4. The molecule has 0 saturated heterocycles. The van der Waals surface area contributed by atoms with Gasteiger partial charge in [0, 0.05) is 22.2 Å². The summed E-state index contributed by atoms with van der Waals surface area (Å²) < 4.78 is 64.9. The molecule has 1 aromatic carbocycles. The van der Waals surface area contributed by atoms with Crippen LogP contribution in [-0.2, 0) is 20.2 Å². The van der Waals surface area contributed by atoms with Gasteiger partial charge >= 0.3 is 0 Å². The minimum atomic E-state index is -5.51. The van der Waals surface area contributed by atoms with Crippen LogP contribution in [0.5, 0.6) is 0 Å². The van der Waals surface area contributed by atoms with Crippen LogP contribution in [0.2, 0.25) is 0 Å². The van der Waals surface area contributed by atoms with E-state index in [1.807, 2.05) is 0 Å². The van der Waals surface area contributed by atoms with E-state index in [9.17, 15) is 25.9 Å². The Kier molecular flexibility index (Phi) is 5.85. The number of allylic oxidation sites excluding steroid dienone is 2. The zero-order valence-corrected chi connectivity index (χ0v) is 15.6. The van der Waals surface area contributed by atoms with Gasteiger partial charge in [-0.05, 0) is 16.6 Å². The second kappa shape index (κ2) is 7.64. The van der Waals surface area contributed by atoms with Crippen LogP contribution >= 0.6 is 0 Å². The number of hydrogen-bond acceptors (Lipinski definition) is 6. The molecule has 0 aliphatic heterocycles. The lowest BCUT2D eigenvalue weighted by Gasteiger charge is -2.39. The quantitative estimate of drug-likeness (QED) is 0.229. The molecule has 0 aromatic heterocycles. The van der Waals surface area contributed by atoms with Crippen molar-refractivity contribution in [2.75, 3.05) is 0 Å². The summed E-state index contributed by atoms with van der Waals surface area (Å²) in [6.07, 6.45) is 3.28. The average Bonchev–Trinajstić information content (AvgIpc) is 2.60. The highest BCUT2D eigenvalue weighted by Gasteiger charge is 2.63. The third kappa shape index (κ3) is 3.87. The summed E-state index contributed by atoms with van der Waals surface area (Å²) in [5.74, 6) is -1.59. The Morgan fingerprint density at radius 2 is 1.57 bits per heavy atom. The van der Waals surface area contributed by atoms with Gasteiger partial charge in [0.05, 0.1) is 0 Å². The second-order valence-electron chi connectivity index (χ2n) is 5.85. The van der Waals surface area contributed by atoms with Gasteiger partial charge in [0.15, 0.2) is 0 Å². The van der Waals surface area contributed by atoms with Crippen molar-refractivity contribution in [2.45, 2.75) is 16.2 Å². The molecule has 14 heteroatoms. The van der Waals surface area contributed by atoms with E-state index in [-0.39, 0.29) is 0 Å². The van der Waals surface area contributed by atoms with Gasteiger partial charge in [-0.15, -0.1) is 0 Å². The third-order valence-electron chi connectivity index (χ3n) is 4.19. The monoisotopic (exact) mass is 426 g/mol. The first-order chi connectivity index (χ1) is 13.0. The smallest absolute Gasteiger partial charge is 0.284 e. The summed E-state index contributed by atoms with van der Waals surface area (Å²) in [5, 5.41) is 6.36. The fourth-order valence-electron chi connectivity index (χ4n) is 2.91. The second-order valence-corrected chi connectivity index (χ2v) is 9.47.